The van der Waals surface area contributed by atoms with E-state index in [1.807, 2.05) is 30.6 Å². The van der Waals surface area contributed by atoms with Gasteiger partial charge in [0.15, 0.2) is 0 Å². The van der Waals surface area contributed by atoms with Gasteiger partial charge in [0.25, 0.3) is 0 Å². The number of aromatic nitrogens is 1. The van der Waals surface area contributed by atoms with Crippen LogP contribution in [-0.4, -0.2) is 12.1 Å². The van der Waals surface area contributed by atoms with E-state index in [4.69, 9.17) is 4.74 Å². The number of thiazole rings is 1. The van der Waals surface area contributed by atoms with Crippen molar-refractivity contribution < 1.29 is 4.74 Å². The first kappa shape index (κ1) is 9.21. The number of hydrogen-bond acceptors (Lipinski definition) is 3. The molecule has 0 saturated heterocycles. The normalized spacial score (nSPS) is 10.1. The van der Waals surface area contributed by atoms with E-state index >= 15 is 0 Å². The Morgan fingerprint density at radius 2 is 2.07 bits per heavy atom. The minimum absolute atomic E-state index is 0.903. The molecule has 2 nitrogen and oxygen atoms in total. The Balaban J connectivity index is 2.56. The first-order chi connectivity index (χ1) is 6.83. The Bertz CT molecular complexity index is 436. The van der Waals surface area contributed by atoms with Gasteiger partial charge in [-0.3, -0.25) is 0 Å². The predicted molar refractivity (Wildman–Crippen MR) is 58.8 cm³/mol. The molecule has 0 aliphatic heterocycles. The van der Waals surface area contributed by atoms with Crippen LogP contribution in [0, 0.1) is 6.92 Å². The fourth-order valence-corrected chi connectivity index (χ4v) is 2.23. The second kappa shape index (κ2) is 3.80. The topological polar surface area (TPSA) is 22.1 Å². The van der Waals surface area contributed by atoms with Gasteiger partial charge in [0.05, 0.1) is 23.2 Å². The first-order valence-corrected chi connectivity index (χ1v) is 5.24. The van der Waals surface area contributed by atoms with Crippen molar-refractivity contribution in [2.24, 2.45) is 0 Å². The fourth-order valence-electron chi connectivity index (χ4n) is 1.39. The molecule has 1 heterocycles. The Morgan fingerprint density at radius 3 is 2.71 bits per heavy atom. The van der Waals surface area contributed by atoms with E-state index in [0.717, 1.165) is 17.0 Å². The minimum atomic E-state index is 0.903. The lowest BCUT2D eigenvalue weighted by Crippen LogP contribution is -1.86. The van der Waals surface area contributed by atoms with E-state index in [9.17, 15) is 0 Å². The smallest absolute Gasteiger partial charge is 0.127 e. The van der Waals surface area contributed by atoms with Crippen LogP contribution in [0.3, 0.4) is 0 Å². The maximum Gasteiger partial charge on any atom is 0.127 e. The molecule has 14 heavy (non-hydrogen) atoms. The number of para-hydroxylation sites is 1. The molecule has 0 bridgehead atoms. The number of methoxy groups -OCH3 is 1. The highest BCUT2D eigenvalue weighted by Gasteiger charge is 2.08. The number of ether oxygens (including phenoxy) is 1. The first-order valence-electron chi connectivity index (χ1n) is 4.36. The van der Waals surface area contributed by atoms with E-state index in [0.29, 0.717) is 0 Å². The minimum Gasteiger partial charge on any atom is -0.496 e. The summed E-state index contributed by atoms with van der Waals surface area (Å²) in [5.41, 5.74) is 4.03. The van der Waals surface area contributed by atoms with Crippen LogP contribution in [0.1, 0.15) is 5.69 Å². The summed E-state index contributed by atoms with van der Waals surface area (Å²) in [7, 11) is 1.69. The Morgan fingerprint density at radius 1 is 1.29 bits per heavy atom. The number of rotatable bonds is 2. The molecule has 1 aromatic carbocycles. The SMILES string of the molecule is COc1ccccc1-c1scnc1C. The van der Waals surface area contributed by atoms with Gasteiger partial charge in [-0.25, -0.2) is 4.98 Å². The quantitative estimate of drug-likeness (QED) is 0.751. The highest BCUT2D eigenvalue weighted by atomic mass is 32.1. The Kier molecular flexibility index (Phi) is 2.50. The fraction of sp³-hybridized carbons (Fsp3) is 0.182. The number of aryl methyl sites for hydroxylation is 1. The molecule has 2 rings (SSSR count). The maximum absolute atomic E-state index is 5.30. The lowest BCUT2D eigenvalue weighted by molar-refractivity contribution is 0.416. The molecule has 0 fully saturated rings. The molecule has 0 amide bonds. The van der Waals surface area contributed by atoms with Crippen LogP contribution in [-0.2, 0) is 0 Å². The van der Waals surface area contributed by atoms with E-state index < -0.39 is 0 Å². The van der Waals surface area contributed by atoms with Gasteiger partial charge in [0.1, 0.15) is 5.75 Å². The predicted octanol–water partition coefficient (Wildman–Crippen LogP) is 3.13. The van der Waals surface area contributed by atoms with Crippen LogP contribution in [0.15, 0.2) is 29.8 Å². The third kappa shape index (κ3) is 1.51. The molecule has 2 aromatic rings. The highest BCUT2D eigenvalue weighted by Crippen LogP contribution is 2.34. The molecule has 0 aliphatic rings. The summed E-state index contributed by atoms with van der Waals surface area (Å²) in [4.78, 5) is 5.41. The lowest BCUT2D eigenvalue weighted by Gasteiger charge is -2.06. The van der Waals surface area contributed by atoms with Crippen molar-refractivity contribution in [3.8, 4) is 16.2 Å². The van der Waals surface area contributed by atoms with Crippen LogP contribution in [0.4, 0.5) is 0 Å². The highest BCUT2D eigenvalue weighted by molar-refractivity contribution is 7.13. The average molecular weight is 205 g/mol. The van der Waals surface area contributed by atoms with E-state index in [1.54, 1.807) is 18.4 Å². The van der Waals surface area contributed by atoms with E-state index in [1.165, 1.54) is 4.88 Å². The van der Waals surface area contributed by atoms with Crippen molar-refractivity contribution in [3.63, 3.8) is 0 Å². The van der Waals surface area contributed by atoms with Crippen molar-refractivity contribution in [2.75, 3.05) is 7.11 Å². The van der Waals surface area contributed by atoms with Crippen LogP contribution in [0.25, 0.3) is 10.4 Å². The van der Waals surface area contributed by atoms with Gasteiger partial charge in [-0.1, -0.05) is 12.1 Å². The molecule has 1 aromatic heterocycles. The van der Waals surface area contributed by atoms with Crippen LogP contribution >= 0.6 is 11.3 Å². The molecule has 0 saturated carbocycles. The largest absolute Gasteiger partial charge is 0.496 e. The van der Waals surface area contributed by atoms with Crippen LogP contribution in [0.5, 0.6) is 5.75 Å². The summed E-state index contributed by atoms with van der Waals surface area (Å²) in [6.07, 6.45) is 0. The molecule has 3 heteroatoms. The molecule has 0 atom stereocenters. The van der Waals surface area contributed by atoms with Crippen molar-refractivity contribution in [3.05, 3.63) is 35.5 Å². The third-order valence-electron chi connectivity index (χ3n) is 2.10. The van der Waals surface area contributed by atoms with E-state index in [-0.39, 0.29) is 0 Å². The molecular formula is C11H11NOS. The molecule has 0 unspecified atom stereocenters. The molecule has 72 valence electrons. The number of nitrogens with zero attached hydrogens (tertiary/aromatic N) is 1. The summed E-state index contributed by atoms with van der Waals surface area (Å²) in [6, 6.07) is 8.00. The summed E-state index contributed by atoms with van der Waals surface area (Å²) in [5, 5.41) is 0. The van der Waals surface area contributed by atoms with Gasteiger partial charge >= 0.3 is 0 Å². The van der Waals surface area contributed by atoms with Gasteiger partial charge in [0.2, 0.25) is 0 Å². The van der Waals surface area contributed by atoms with E-state index in [2.05, 4.69) is 11.1 Å². The number of hydrogen-bond donors (Lipinski definition) is 0. The van der Waals surface area contributed by atoms with Crippen molar-refractivity contribution in [1.82, 2.24) is 4.98 Å². The zero-order valence-corrected chi connectivity index (χ0v) is 8.97. The molecule has 0 N–H and O–H groups in total. The molecular weight excluding hydrogens is 194 g/mol. The zero-order valence-electron chi connectivity index (χ0n) is 8.15. The molecule has 0 aliphatic carbocycles. The Hall–Kier alpha value is -1.35. The lowest BCUT2D eigenvalue weighted by atomic mass is 10.1. The van der Waals surface area contributed by atoms with Crippen LogP contribution in [0.2, 0.25) is 0 Å². The average Bonchev–Trinajstić information content (AvgIpc) is 2.64. The second-order valence-electron chi connectivity index (χ2n) is 2.97. The summed E-state index contributed by atoms with van der Waals surface area (Å²) >= 11 is 1.64. The standard InChI is InChI=1S/C11H11NOS/c1-8-11(14-7-12-8)9-5-3-4-6-10(9)13-2/h3-7H,1-2H3. The third-order valence-corrected chi connectivity index (χ3v) is 3.06. The summed E-state index contributed by atoms with van der Waals surface area (Å²) in [5.74, 6) is 0.903. The van der Waals surface area contributed by atoms with Gasteiger partial charge in [-0.05, 0) is 19.1 Å². The molecule has 0 radical (unpaired) electrons. The van der Waals surface area contributed by atoms with Gasteiger partial charge < -0.3 is 4.74 Å². The van der Waals surface area contributed by atoms with Gasteiger partial charge in [0, 0.05) is 5.56 Å². The van der Waals surface area contributed by atoms with Crippen LogP contribution < -0.4 is 4.74 Å². The van der Waals surface area contributed by atoms with Crippen molar-refractivity contribution >= 4 is 11.3 Å². The monoisotopic (exact) mass is 205 g/mol. The summed E-state index contributed by atoms with van der Waals surface area (Å²) in [6.45, 7) is 2.01. The van der Waals surface area contributed by atoms with Crippen molar-refractivity contribution in [2.45, 2.75) is 6.92 Å². The molecule has 0 spiro atoms. The number of benzene rings is 1. The maximum atomic E-state index is 5.30. The summed E-state index contributed by atoms with van der Waals surface area (Å²) < 4.78 is 5.30. The Labute approximate surface area is 87.2 Å². The second-order valence-corrected chi connectivity index (χ2v) is 3.82. The van der Waals surface area contributed by atoms with Gasteiger partial charge in [-0.15, -0.1) is 11.3 Å². The zero-order chi connectivity index (χ0) is 9.97. The van der Waals surface area contributed by atoms with Crippen molar-refractivity contribution in [1.29, 1.82) is 0 Å². The van der Waals surface area contributed by atoms with Gasteiger partial charge in [-0.2, -0.15) is 0 Å².